The van der Waals surface area contributed by atoms with Crippen molar-refractivity contribution in [2.24, 2.45) is 5.92 Å². The molecule has 3 heteroatoms. The second-order valence-electron chi connectivity index (χ2n) is 4.86. The van der Waals surface area contributed by atoms with E-state index in [1.807, 2.05) is 6.07 Å². The molecule has 2 atom stereocenters. The van der Waals surface area contributed by atoms with E-state index in [2.05, 4.69) is 4.90 Å². The fourth-order valence-electron chi connectivity index (χ4n) is 3.17. The topological polar surface area (TPSA) is 3.24 Å². The molecule has 0 aromatic heterocycles. The van der Waals surface area contributed by atoms with Gasteiger partial charge in [-0.15, -0.1) is 11.6 Å². The van der Waals surface area contributed by atoms with Crippen LogP contribution in [-0.4, -0.2) is 12.6 Å². The Labute approximate surface area is 100 Å². The van der Waals surface area contributed by atoms with Crippen LogP contribution < -0.4 is 4.90 Å². The molecule has 1 aromatic rings. The number of rotatable bonds is 2. The summed E-state index contributed by atoms with van der Waals surface area (Å²) in [4.78, 5) is 2.36. The molecule has 2 bridgehead atoms. The highest BCUT2D eigenvalue weighted by molar-refractivity contribution is 6.17. The molecule has 1 saturated heterocycles. The summed E-state index contributed by atoms with van der Waals surface area (Å²) >= 11 is 5.85. The van der Waals surface area contributed by atoms with Gasteiger partial charge in [-0.1, -0.05) is 6.07 Å². The number of hydrogen-bond donors (Lipinski definition) is 0. The number of alkyl halides is 1. The Morgan fingerprint density at radius 1 is 1.38 bits per heavy atom. The number of piperidine rings is 1. The number of fused-ring (bicyclic) bond motifs is 2. The van der Waals surface area contributed by atoms with E-state index in [9.17, 15) is 4.39 Å². The molecule has 0 spiro atoms. The van der Waals surface area contributed by atoms with Crippen LogP contribution in [0, 0.1) is 11.7 Å². The lowest BCUT2D eigenvalue weighted by molar-refractivity contribution is 0.550. The molecule has 0 amide bonds. The molecule has 86 valence electrons. The van der Waals surface area contributed by atoms with Crippen molar-refractivity contribution >= 4 is 17.3 Å². The molecule has 0 N–H and O–H groups in total. The van der Waals surface area contributed by atoms with Gasteiger partial charge in [0, 0.05) is 23.8 Å². The van der Waals surface area contributed by atoms with Crippen LogP contribution in [0.2, 0.25) is 0 Å². The van der Waals surface area contributed by atoms with Crippen molar-refractivity contribution < 1.29 is 4.39 Å². The van der Waals surface area contributed by atoms with Crippen LogP contribution in [0.5, 0.6) is 0 Å². The third-order valence-electron chi connectivity index (χ3n) is 3.95. The van der Waals surface area contributed by atoms with E-state index in [1.165, 1.54) is 25.3 Å². The predicted octanol–water partition coefficient (Wildman–Crippen LogP) is 3.55. The minimum absolute atomic E-state index is 0.171. The van der Waals surface area contributed by atoms with Crippen LogP contribution in [0.3, 0.4) is 0 Å². The lowest BCUT2D eigenvalue weighted by Gasteiger charge is -2.30. The first kappa shape index (κ1) is 10.4. The van der Waals surface area contributed by atoms with E-state index < -0.39 is 0 Å². The van der Waals surface area contributed by atoms with Gasteiger partial charge in [0.05, 0.1) is 5.88 Å². The standard InChI is InChI=1S/C13H15ClFN/c14-7-11-12(15)2-1-3-13(11)16-8-9-4-5-10(16)6-9/h1-3,9-10H,4-8H2. The molecule has 1 heterocycles. The Bertz CT molecular complexity index is 407. The number of halogens is 2. The van der Waals surface area contributed by atoms with E-state index in [0.29, 0.717) is 11.6 Å². The van der Waals surface area contributed by atoms with Crippen LogP contribution in [0.4, 0.5) is 10.1 Å². The molecule has 0 radical (unpaired) electrons. The molecule has 1 aromatic carbocycles. The van der Waals surface area contributed by atoms with E-state index in [-0.39, 0.29) is 11.7 Å². The first-order valence-electron chi connectivity index (χ1n) is 5.89. The largest absolute Gasteiger partial charge is 0.368 e. The van der Waals surface area contributed by atoms with Crippen molar-refractivity contribution in [3.8, 4) is 0 Å². The zero-order valence-electron chi connectivity index (χ0n) is 9.13. The van der Waals surface area contributed by atoms with Gasteiger partial charge in [0.1, 0.15) is 5.82 Å². The van der Waals surface area contributed by atoms with E-state index in [0.717, 1.165) is 18.2 Å². The molecule has 1 aliphatic heterocycles. The van der Waals surface area contributed by atoms with Crippen LogP contribution in [0.25, 0.3) is 0 Å². The Balaban J connectivity index is 1.97. The van der Waals surface area contributed by atoms with Crippen molar-refractivity contribution in [2.45, 2.75) is 31.2 Å². The first-order chi connectivity index (χ1) is 7.79. The molecule has 16 heavy (non-hydrogen) atoms. The molecule has 1 aliphatic carbocycles. The van der Waals surface area contributed by atoms with Crippen LogP contribution in [-0.2, 0) is 5.88 Å². The summed E-state index contributed by atoms with van der Waals surface area (Å²) in [5.41, 5.74) is 1.68. The minimum Gasteiger partial charge on any atom is -0.368 e. The second kappa shape index (κ2) is 3.92. The van der Waals surface area contributed by atoms with Gasteiger partial charge >= 0.3 is 0 Å². The Kier molecular flexibility index (Phi) is 2.55. The van der Waals surface area contributed by atoms with Crippen LogP contribution in [0.1, 0.15) is 24.8 Å². The van der Waals surface area contributed by atoms with Gasteiger partial charge < -0.3 is 4.90 Å². The summed E-state index contributed by atoms with van der Waals surface area (Å²) in [7, 11) is 0. The molecule has 3 rings (SSSR count). The van der Waals surface area contributed by atoms with Crippen molar-refractivity contribution in [3.63, 3.8) is 0 Å². The fourth-order valence-corrected chi connectivity index (χ4v) is 3.43. The lowest BCUT2D eigenvalue weighted by Crippen LogP contribution is -2.32. The summed E-state index contributed by atoms with van der Waals surface area (Å²) in [5, 5.41) is 0. The zero-order valence-corrected chi connectivity index (χ0v) is 9.88. The Morgan fingerprint density at radius 3 is 2.88 bits per heavy atom. The average Bonchev–Trinajstić information content (AvgIpc) is 2.90. The van der Waals surface area contributed by atoms with Gasteiger partial charge in [-0.05, 0) is 37.3 Å². The van der Waals surface area contributed by atoms with Gasteiger partial charge in [0.2, 0.25) is 0 Å². The maximum Gasteiger partial charge on any atom is 0.129 e. The molecule has 2 fully saturated rings. The van der Waals surface area contributed by atoms with Crippen LogP contribution in [0.15, 0.2) is 18.2 Å². The number of hydrogen-bond acceptors (Lipinski definition) is 1. The minimum atomic E-state index is -0.171. The average molecular weight is 240 g/mol. The van der Waals surface area contributed by atoms with Crippen molar-refractivity contribution in [1.29, 1.82) is 0 Å². The molecular formula is C13H15ClFN. The normalized spacial score (nSPS) is 27.8. The van der Waals surface area contributed by atoms with Crippen molar-refractivity contribution in [3.05, 3.63) is 29.6 Å². The van der Waals surface area contributed by atoms with Crippen molar-refractivity contribution in [2.75, 3.05) is 11.4 Å². The molecule has 2 unspecified atom stereocenters. The third-order valence-corrected chi connectivity index (χ3v) is 4.21. The number of anilines is 1. The third kappa shape index (κ3) is 1.51. The van der Waals surface area contributed by atoms with Gasteiger partial charge in [0.15, 0.2) is 0 Å². The monoisotopic (exact) mass is 239 g/mol. The predicted molar refractivity (Wildman–Crippen MR) is 64.4 cm³/mol. The summed E-state index contributed by atoms with van der Waals surface area (Å²) in [6.45, 7) is 1.08. The first-order valence-corrected chi connectivity index (χ1v) is 6.43. The lowest BCUT2D eigenvalue weighted by atomic mass is 10.1. The summed E-state index contributed by atoms with van der Waals surface area (Å²) in [6.07, 6.45) is 3.87. The highest BCUT2D eigenvalue weighted by Crippen LogP contribution is 2.41. The Hall–Kier alpha value is -0.760. The smallest absolute Gasteiger partial charge is 0.129 e. The maximum absolute atomic E-state index is 13.6. The number of benzene rings is 1. The maximum atomic E-state index is 13.6. The summed E-state index contributed by atoms with van der Waals surface area (Å²) in [6, 6.07) is 5.90. The quantitative estimate of drug-likeness (QED) is 0.714. The Morgan fingerprint density at radius 2 is 2.25 bits per heavy atom. The summed E-state index contributed by atoms with van der Waals surface area (Å²) in [5.74, 6) is 0.905. The van der Waals surface area contributed by atoms with E-state index >= 15 is 0 Å². The van der Waals surface area contributed by atoms with Gasteiger partial charge in [0.25, 0.3) is 0 Å². The van der Waals surface area contributed by atoms with Crippen LogP contribution >= 0.6 is 11.6 Å². The SMILES string of the molecule is Fc1cccc(N2CC3CCC2C3)c1CCl. The molecular weight excluding hydrogens is 225 g/mol. The van der Waals surface area contributed by atoms with Crippen molar-refractivity contribution in [1.82, 2.24) is 0 Å². The highest BCUT2D eigenvalue weighted by Gasteiger charge is 2.38. The number of nitrogens with zero attached hydrogens (tertiary/aromatic N) is 1. The molecule has 1 saturated carbocycles. The summed E-state index contributed by atoms with van der Waals surface area (Å²) < 4.78 is 13.6. The van der Waals surface area contributed by atoms with Gasteiger partial charge in [-0.3, -0.25) is 0 Å². The van der Waals surface area contributed by atoms with E-state index in [4.69, 9.17) is 11.6 Å². The molecule has 2 aliphatic rings. The zero-order chi connectivity index (χ0) is 11.1. The second-order valence-corrected chi connectivity index (χ2v) is 5.12. The molecule has 1 nitrogen and oxygen atoms in total. The fraction of sp³-hybridized carbons (Fsp3) is 0.538. The van der Waals surface area contributed by atoms with E-state index in [1.54, 1.807) is 6.07 Å². The van der Waals surface area contributed by atoms with Gasteiger partial charge in [-0.25, -0.2) is 4.39 Å². The highest BCUT2D eigenvalue weighted by atomic mass is 35.5. The van der Waals surface area contributed by atoms with Gasteiger partial charge in [-0.2, -0.15) is 0 Å².